The molecule has 4 aromatic rings. The van der Waals surface area contributed by atoms with Gasteiger partial charge < -0.3 is 9.51 Å². The lowest BCUT2D eigenvalue weighted by Gasteiger charge is -2.01. The molecule has 0 amide bonds. The van der Waals surface area contributed by atoms with E-state index in [0.717, 1.165) is 22.2 Å². The average Bonchev–Trinajstić information content (AvgIpc) is 3.06. The fourth-order valence-electron chi connectivity index (χ4n) is 2.64. The summed E-state index contributed by atoms with van der Waals surface area (Å²) in [5.74, 6) is 0.684. The molecule has 118 valence electrons. The molecule has 0 aliphatic carbocycles. The molecule has 2 heterocycles. The van der Waals surface area contributed by atoms with Crippen molar-refractivity contribution in [2.24, 2.45) is 0 Å². The summed E-state index contributed by atoms with van der Waals surface area (Å²) < 4.78 is 5.31. The smallest absolute Gasteiger partial charge is 0.263 e. The summed E-state index contributed by atoms with van der Waals surface area (Å²) in [6, 6.07) is 13.5. The standard InChI is InChI=1S/C19H15N3O2/c1-11-3-6-13(7-4-11)18-21-19(24-22-18)15-10-20-16-8-5-12(2)9-14(16)17(15)23/h3-10H,1-2H3,(H,20,23). The van der Waals surface area contributed by atoms with E-state index in [1.54, 1.807) is 6.20 Å². The summed E-state index contributed by atoms with van der Waals surface area (Å²) in [5, 5.41) is 4.61. The summed E-state index contributed by atoms with van der Waals surface area (Å²) in [7, 11) is 0. The van der Waals surface area contributed by atoms with Crippen molar-refractivity contribution in [3.05, 3.63) is 70.0 Å². The van der Waals surface area contributed by atoms with Crippen LogP contribution >= 0.6 is 0 Å². The van der Waals surface area contributed by atoms with Gasteiger partial charge in [0.1, 0.15) is 5.56 Å². The van der Waals surface area contributed by atoms with Crippen LogP contribution in [0.3, 0.4) is 0 Å². The Morgan fingerprint density at radius 1 is 1.00 bits per heavy atom. The molecule has 0 radical (unpaired) electrons. The highest BCUT2D eigenvalue weighted by Gasteiger charge is 2.15. The molecule has 1 N–H and O–H groups in total. The van der Waals surface area contributed by atoms with E-state index >= 15 is 0 Å². The molecule has 0 fully saturated rings. The van der Waals surface area contributed by atoms with Crippen molar-refractivity contribution in [3.63, 3.8) is 0 Å². The zero-order valence-electron chi connectivity index (χ0n) is 13.3. The number of fused-ring (bicyclic) bond motifs is 1. The molecule has 5 heteroatoms. The van der Waals surface area contributed by atoms with Crippen LogP contribution in [0, 0.1) is 13.8 Å². The van der Waals surface area contributed by atoms with Crippen LogP contribution in [0.4, 0.5) is 0 Å². The zero-order chi connectivity index (χ0) is 16.7. The topological polar surface area (TPSA) is 71.8 Å². The van der Waals surface area contributed by atoms with Gasteiger partial charge in [0.2, 0.25) is 11.3 Å². The van der Waals surface area contributed by atoms with Crippen LogP contribution in [0.15, 0.2) is 58.0 Å². The summed E-state index contributed by atoms with van der Waals surface area (Å²) in [6.45, 7) is 3.97. The highest BCUT2D eigenvalue weighted by atomic mass is 16.5. The van der Waals surface area contributed by atoms with E-state index in [4.69, 9.17) is 4.52 Å². The Bertz CT molecular complexity index is 1090. The maximum Gasteiger partial charge on any atom is 0.263 e. The second kappa shape index (κ2) is 5.45. The monoisotopic (exact) mass is 317 g/mol. The van der Waals surface area contributed by atoms with Gasteiger partial charge in [-0.1, -0.05) is 46.6 Å². The molecule has 0 saturated carbocycles. The lowest BCUT2D eigenvalue weighted by atomic mass is 10.1. The molecule has 2 aromatic heterocycles. The predicted molar refractivity (Wildman–Crippen MR) is 92.8 cm³/mol. The van der Waals surface area contributed by atoms with E-state index in [0.29, 0.717) is 16.8 Å². The second-order valence-electron chi connectivity index (χ2n) is 5.87. The Labute approximate surface area is 138 Å². The van der Waals surface area contributed by atoms with Crippen molar-refractivity contribution in [1.29, 1.82) is 0 Å². The first kappa shape index (κ1) is 14.4. The molecule has 2 aromatic carbocycles. The van der Waals surface area contributed by atoms with Crippen LogP contribution in [0.5, 0.6) is 0 Å². The second-order valence-corrected chi connectivity index (χ2v) is 5.87. The number of H-pyrrole nitrogens is 1. The third-order valence-corrected chi connectivity index (χ3v) is 4.00. The summed E-state index contributed by atoms with van der Waals surface area (Å²) >= 11 is 0. The summed E-state index contributed by atoms with van der Waals surface area (Å²) in [6.07, 6.45) is 1.62. The molecule has 0 bridgehead atoms. The number of nitrogens with one attached hydrogen (secondary N) is 1. The summed E-state index contributed by atoms with van der Waals surface area (Å²) in [5.41, 5.74) is 4.07. The van der Waals surface area contributed by atoms with Gasteiger partial charge in [-0.3, -0.25) is 4.79 Å². The predicted octanol–water partition coefficient (Wildman–Crippen LogP) is 3.86. The van der Waals surface area contributed by atoms with Gasteiger partial charge in [-0.15, -0.1) is 0 Å². The lowest BCUT2D eigenvalue weighted by Crippen LogP contribution is -2.06. The number of aromatic amines is 1. The minimum absolute atomic E-state index is 0.119. The van der Waals surface area contributed by atoms with Gasteiger partial charge in [0.15, 0.2) is 0 Å². The number of pyridine rings is 1. The summed E-state index contributed by atoms with van der Waals surface area (Å²) in [4.78, 5) is 20.2. The van der Waals surface area contributed by atoms with E-state index < -0.39 is 0 Å². The molecule has 0 unspecified atom stereocenters. The van der Waals surface area contributed by atoms with Gasteiger partial charge >= 0.3 is 0 Å². The van der Waals surface area contributed by atoms with Gasteiger partial charge in [0, 0.05) is 22.7 Å². The highest BCUT2D eigenvalue weighted by Crippen LogP contribution is 2.21. The van der Waals surface area contributed by atoms with Gasteiger partial charge in [-0.2, -0.15) is 4.98 Å². The first-order valence-electron chi connectivity index (χ1n) is 7.65. The SMILES string of the molecule is Cc1ccc(-c2noc(-c3c[nH]c4ccc(C)cc4c3=O)n2)cc1. The van der Waals surface area contributed by atoms with E-state index in [2.05, 4.69) is 15.1 Å². The van der Waals surface area contributed by atoms with Gasteiger partial charge in [0.25, 0.3) is 5.89 Å². The fourth-order valence-corrected chi connectivity index (χ4v) is 2.64. The number of hydrogen-bond acceptors (Lipinski definition) is 4. The van der Waals surface area contributed by atoms with E-state index in [-0.39, 0.29) is 11.3 Å². The first-order chi connectivity index (χ1) is 11.6. The number of benzene rings is 2. The Morgan fingerprint density at radius 3 is 2.54 bits per heavy atom. The number of aryl methyl sites for hydroxylation is 2. The number of nitrogens with zero attached hydrogens (tertiary/aromatic N) is 2. The molecule has 0 atom stereocenters. The van der Waals surface area contributed by atoms with E-state index in [1.165, 1.54) is 0 Å². The van der Waals surface area contributed by atoms with Gasteiger partial charge in [-0.25, -0.2) is 0 Å². The van der Waals surface area contributed by atoms with Crippen LogP contribution in [-0.4, -0.2) is 15.1 Å². The third kappa shape index (κ3) is 2.40. The van der Waals surface area contributed by atoms with Crippen LogP contribution in [0.1, 0.15) is 11.1 Å². The van der Waals surface area contributed by atoms with E-state index in [9.17, 15) is 4.79 Å². The maximum atomic E-state index is 12.7. The Balaban J connectivity index is 1.82. The van der Waals surface area contributed by atoms with Crippen LogP contribution in [-0.2, 0) is 0 Å². The normalized spacial score (nSPS) is 11.1. The van der Waals surface area contributed by atoms with Crippen molar-refractivity contribution in [2.75, 3.05) is 0 Å². The molecular weight excluding hydrogens is 302 g/mol. The van der Waals surface area contributed by atoms with Crippen molar-refractivity contribution >= 4 is 10.9 Å². The van der Waals surface area contributed by atoms with Gasteiger partial charge in [0.05, 0.1) is 0 Å². The van der Waals surface area contributed by atoms with Crippen LogP contribution in [0.2, 0.25) is 0 Å². The quantitative estimate of drug-likeness (QED) is 0.609. The average molecular weight is 317 g/mol. The number of rotatable bonds is 2. The largest absolute Gasteiger partial charge is 0.360 e. The molecule has 4 rings (SSSR count). The molecule has 24 heavy (non-hydrogen) atoms. The van der Waals surface area contributed by atoms with Crippen molar-refractivity contribution < 1.29 is 4.52 Å². The minimum atomic E-state index is -0.119. The fraction of sp³-hybridized carbons (Fsp3) is 0.105. The molecule has 0 aliphatic heterocycles. The highest BCUT2D eigenvalue weighted by molar-refractivity contribution is 5.82. The maximum absolute atomic E-state index is 12.7. The van der Waals surface area contributed by atoms with Crippen molar-refractivity contribution in [1.82, 2.24) is 15.1 Å². The first-order valence-corrected chi connectivity index (χ1v) is 7.65. The van der Waals surface area contributed by atoms with Gasteiger partial charge in [-0.05, 0) is 26.0 Å². The number of hydrogen-bond donors (Lipinski definition) is 1. The Kier molecular flexibility index (Phi) is 3.27. The molecule has 0 spiro atoms. The third-order valence-electron chi connectivity index (χ3n) is 4.00. The van der Waals surface area contributed by atoms with Crippen molar-refractivity contribution in [3.8, 4) is 22.8 Å². The van der Waals surface area contributed by atoms with Crippen LogP contribution < -0.4 is 5.43 Å². The minimum Gasteiger partial charge on any atom is -0.360 e. The van der Waals surface area contributed by atoms with E-state index in [1.807, 2.05) is 56.3 Å². The van der Waals surface area contributed by atoms with Crippen LogP contribution in [0.25, 0.3) is 33.7 Å². The lowest BCUT2D eigenvalue weighted by molar-refractivity contribution is 0.432. The number of aromatic nitrogens is 3. The molecular formula is C19H15N3O2. The van der Waals surface area contributed by atoms with Crippen molar-refractivity contribution in [2.45, 2.75) is 13.8 Å². The zero-order valence-corrected chi connectivity index (χ0v) is 13.3. The molecule has 5 nitrogen and oxygen atoms in total. The Hall–Kier alpha value is -3.21. The molecule has 0 aliphatic rings. The molecule has 0 saturated heterocycles. The Morgan fingerprint density at radius 2 is 1.75 bits per heavy atom.